The molecule has 6 unspecified atom stereocenters. The maximum absolute atomic E-state index is 11.1. The van der Waals surface area contributed by atoms with Crippen molar-refractivity contribution in [3.63, 3.8) is 0 Å². The number of hydrogen-bond acceptors (Lipinski definition) is 7. The summed E-state index contributed by atoms with van der Waals surface area (Å²) in [6.07, 6.45) is 7.26. The minimum absolute atomic E-state index is 0.0985. The molecule has 27 heavy (non-hydrogen) atoms. The molecule has 0 radical (unpaired) electrons. The fourth-order valence-corrected chi connectivity index (χ4v) is 7.78. The Bertz CT molecular complexity index is 604. The van der Waals surface area contributed by atoms with Crippen molar-refractivity contribution in [2.45, 2.75) is 71.3 Å². The van der Waals surface area contributed by atoms with Crippen molar-refractivity contribution in [1.82, 2.24) is 0 Å². The molecule has 154 valence electrons. The van der Waals surface area contributed by atoms with Gasteiger partial charge >= 0.3 is 0 Å². The van der Waals surface area contributed by atoms with Gasteiger partial charge in [0, 0.05) is 0 Å². The number of nitrogens with zero attached hydrogens (tertiary/aromatic N) is 2. The third-order valence-corrected chi connectivity index (χ3v) is 7.42. The molecule has 0 heterocycles. The van der Waals surface area contributed by atoms with E-state index in [-0.39, 0.29) is 22.2 Å². The van der Waals surface area contributed by atoms with Crippen LogP contribution in [-0.4, -0.2) is 29.4 Å². The Morgan fingerprint density at radius 3 is 2.44 bits per heavy atom. The topological polar surface area (TPSA) is 131 Å². The Balaban J connectivity index is 1.92. The van der Waals surface area contributed by atoms with Gasteiger partial charge in [0.05, 0.1) is 0 Å². The SMILES string of the molecule is CCC(C(CO[N+](=O)[O-])O[N+](=O)[O-])C12CC3CC(C)(CC(CCN)(C3)C1)C2. The lowest BCUT2D eigenvalue weighted by molar-refractivity contribution is -0.792. The Hall–Kier alpha value is -1.64. The third-order valence-electron chi connectivity index (χ3n) is 7.42. The standard InChI is InChI=1S/C18H31N3O6/c1-3-14(15(27-21(24)25)9-26-20(22)23)18-8-13-6-16(2,11-18)10-17(7-13,12-18)4-5-19/h13-15H,3-12,19H2,1-2H3. The van der Waals surface area contributed by atoms with Crippen molar-refractivity contribution in [3.8, 4) is 0 Å². The van der Waals surface area contributed by atoms with E-state index < -0.39 is 22.9 Å². The second-order valence-electron chi connectivity index (χ2n) is 9.62. The highest BCUT2D eigenvalue weighted by Gasteiger charge is 2.63. The van der Waals surface area contributed by atoms with E-state index in [1.165, 1.54) is 12.8 Å². The molecule has 9 heteroatoms. The third kappa shape index (κ3) is 3.83. The number of rotatable bonds is 10. The zero-order valence-corrected chi connectivity index (χ0v) is 16.2. The first-order chi connectivity index (χ1) is 12.6. The molecule has 6 atom stereocenters. The maximum Gasteiger partial charge on any atom is 0.294 e. The smallest absolute Gasteiger partial charge is 0.294 e. The highest BCUT2D eigenvalue weighted by atomic mass is 17.0. The van der Waals surface area contributed by atoms with Crippen molar-refractivity contribution in [2.75, 3.05) is 13.2 Å². The van der Waals surface area contributed by atoms with Gasteiger partial charge in [0.2, 0.25) is 0 Å². The zero-order chi connectivity index (χ0) is 19.9. The highest BCUT2D eigenvalue weighted by molar-refractivity contribution is 5.13. The van der Waals surface area contributed by atoms with Crippen molar-refractivity contribution in [3.05, 3.63) is 20.2 Å². The van der Waals surface area contributed by atoms with E-state index in [1.807, 2.05) is 6.92 Å². The molecule has 0 aromatic rings. The first-order valence-corrected chi connectivity index (χ1v) is 9.93. The fraction of sp³-hybridized carbons (Fsp3) is 1.00. The molecule has 4 aliphatic rings. The Morgan fingerprint density at radius 1 is 1.15 bits per heavy atom. The van der Waals surface area contributed by atoms with Gasteiger partial charge in [0.1, 0.15) is 12.7 Å². The molecule has 9 nitrogen and oxygen atoms in total. The van der Waals surface area contributed by atoms with Gasteiger partial charge in [-0.25, -0.2) is 0 Å². The highest BCUT2D eigenvalue weighted by Crippen LogP contribution is 2.72. The van der Waals surface area contributed by atoms with Gasteiger partial charge in [-0.2, -0.15) is 0 Å². The lowest BCUT2D eigenvalue weighted by atomic mass is 9.37. The Kier molecular flexibility index (Phi) is 5.26. The summed E-state index contributed by atoms with van der Waals surface area (Å²) < 4.78 is 0. The number of hydrogen-bond donors (Lipinski definition) is 1. The molecule has 4 fully saturated rings. The molecule has 0 aliphatic heterocycles. The molecule has 0 aromatic carbocycles. The predicted molar refractivity (Wildman–Crippen MR) is 96.4 cm³/mol. The quantitative estimate of drug-likeness (QED) is 0.451. The van der Waals surface area contributed by atoms with E-state index in [0.717, 1.165) is 32.1 Å². The monoisotopic (exact) mass is 385 g/mol. The van der Waals surface area contributed by atoms with Crippen LogP contribution in [0, 0.1) is 48.3 Å². The van der Waals surface area contributed by atoms with Crippen molar-refractivity contribution in [2.24, 2.45) is 33.8 Å². The molecule has 4 rings (SSSR count). The van der Waals surface area contributed by atoms with Gasteiger partial charge in [-0.3, -0.25) is 0 Å². The van der Waals surface area contributed by atoms with Crippen LogP contribution >= 0.6 is 0 Å². The molecule has 4 saturated carbocycles. The van der Waals surface area contributed by atoms with Gasteiger partial charge in [-0.1, -0.05) is 20.3 Å². The fourth-order valence-electron chi connectivity index (χ4n) is 7.78. The summed E-state index contributed by atoms with van der Waals surface area (Å²) >= 11 is 0. The number of nitrogens with two attached hydrogens (primary N) is 1. The Labute approximate surface area is 159 Å². The van der Waals surface area contributed by atoms with Gasteiger partial charge in [-0.15, -0.1) is 20.2 Å². The molecular formula is C18H31N3O6. The lowest BCUT2D eigenvalue weighted by Crippen LogP contribution is -2.60. The summed E-state index contributed by atoms with van der Waals surface area (Å²) in [5.74, 6) is 0.447. The first kappa shape index (κ1) is 20.1. The summed E-state index contributed by atoms with van der Waals surface area (Å²) in [5, 5.41) is 20.0. The van der Waals surface area contributed by atoms with Crippen LogP contribution in [-0.2, 0) is 9.68 Å². The average Bonchev–Trinajstić information content (AvgIpc) is 2.49. The van der Waals surface area contributed by atoms with Crippen molar-refractivity contribution in [1.29, 1.82) is 0 Å². The van der Waals surface area contributed by atoms with Crippen LogP contribution in [0.3, 0.4) is 0 Å². The largest absolute Gasteiger partial charge is 0.330 e. The second kappa shape index (κ2) is 7.07. The van der Waals surface area contributed by atoms with Crippen LogP contribution in [0.25, 0.3) is 0 Å². The molecule has 0 saturated heterocycles. The molecule has 0 amide bonds. The van der Waals surface area contributed by atoms with E-state index in [2.05, 4.69) is 11.8 Å². The van der Waals surface area contributed by atoms with Gasteiger partial charge in [0.25, 0.3) is 10.2 Å². The van der Waals surface area contributed by atoms with E-state index in [9.17, 15) is 20.2 Å². The van der Waals surface area contributed by atoms with E-state index >= 15 is 0 Å². The summed E-state index contributed by atoms with van der Waals surface area (Å²) in [6, 6.07) is 0. The van der Waals surface area contributed by atoms with Crippen LogP contribution in [0.1, 0.15) is 65.2 Å². The summed E-state index contributed by atoms with van der Waals surface area (Å²) in [7, 11) is 0. The van der Waals surface area contributed by atoms with Crippen LogP contribution < -0.4 is 5.73 Å². The van der Waals surface area contributed by atoms with E-state index in [0.29, 0.717) is 18.9 Å². The van der Waals surface area contributed by atoms with Crippen LogP contribution in [0.4, 0.5) is 0 Å². The average molecular weight is 385 g/mol. The normalized spacial score (nSPS) is 39.0. The molecular weight excluding hydrogens is 354 g/mol. The van der Waals surface area contributed by atoms with Gasteiger partial charge < -0.3 is 15.4 Å². The van der Waals surface area contributed by atoms with Crippen molar-refractivity contribution >= 4 is 0 Å². The second-order valence-corrected chi connectivity index (χ2v) is 9.62. The first-order valence-electron chi connectivity index (χ1n) is 9.93. The molecule has 0 spiro atoms. The van der Waals surface area contributed by atoms with Gasteiger partial charge in [0.15, 0.2) is 0 Å². The minimum Gasteiger partial charge on any atom is -0.330 e. The molecule has 0 aromatic heterocycles. The summed E-state index contributed by atoms with van der Waals surface area (Å²) in [4.78, 5) is 31.2. The Morgan fingerprint density at radius 2 is 1.89 bits per heavy atom. The van der Waals surface area contributed by atoms with E-state index in [4.69, 9.17) is 10.6 Å². The minimum atomic E-state index is -0.926. The summed E-state index contributed by atoms with van der Waals surface area (Å²) in [5.41, 5.74) is 6.25. The lowest BCUT2D eigenvalue weighted by Gasteiger charge is -2.68. The van der Waals surface area contributed by atoms with E-state index in [1.54, 1.807) is 0 Å². The van der Waals surface area contributed by atoms with Crippen LogP contribution in [0.2, 0.25) is 0 Å². The summed E-state index contributed by atoms with van der Waals surface area (Å²) in [6.45, 7) is 4.57. The van der Waals surface area contributed by atoms with Crippen molar-refractivity contribution < 1.29 is 19.8 Å². The molecule has 4 aliphatic carbocycles. The van der Waals surface area contributed by atoms with Crippen LogP contribution in [0.15, 0.2) is 0 Å². The molecule has 4 bridgehead atoms. The zero-order valence-electron chi connectivity index (χ0n) is 16.2. The van der Waals surface area contributed by atoms with Crippen LogP contribution in [0.5, 0.6) is 0 Å². The maximum atomic E-state index is 11.1. The molecule has 2 N–H and O–H groups in total. The van der Waals surface area contributed by atoms with Gasteiger partial charge in [-0.05, 0) is 79.6 Å². The predicted octanol–water partition coefficient (Wildman–Crippen LogP) is 3.12.